The van der Waals surface area contributed by atoms with Crippen molar-refractivity contribution in [3.63, 3.8) is 0 Å². The van der Waals surface area contributed by atoms with E-state index in [2.05, 4.69) is 0 Å². The molecule has 4 aromatic rings. The molecule has 0 fully saturated rings. The van der Waals surface area contributed by atoms with E-state index in [0.29, 0.717) is 0 Å². The van der Waals surface area contributed by atoms with E-state index in [1.807, 2.05) is 65.7 Å². The number of rotatable bonds is 8. The van der Waals surface area contributed by atoms with Crippen LogP contribution in [0.1, 0.15) is 34.1 Å². The van der Waals surface area contributed by atoms with Crippen LogP contribution in [-0.2, 0) is 9.84 Å². The minimum atomic E-state index is -3.53. The topological polar surface area (TPSA) is 99.9 Å². The van der Waals surface area contributed by atoms with Gasteiger partial charge in [0.15, 0.2) is 21.3 Å². The molecule has 3 aromatic carbocycles. The lowest BCUT2D eigenvalue weighted by Gasteiger charge is -2.44. The summed E-state index contributed by atoms with van der Waals surface area (Å²) in [5, 5.41) is 12.6. The summed E-state index contributed by atoms with van der Waals surface area (Å²) >= 11 is 0. The first-order valence-corrected chi connectivity index (χ1v) is 13.9. The van der Waals surface area contributed by atoms with Gasteiger partial charge < -0.3 is 10.0 Å². The van der Waals surface area contributed by atoms with Crippen molar-refractivity contribution in [1.29, 1.82) is 0 Å². The number of aromatic nitrogens is 1. The van der Waals surface area contributed by atoms with Gasteiger partial charge in [-0.2, -0.15) is 0 Å². The number of carbonyl (C=O) groups excluding carboxylic acids is 1. The first-order valence-electron chi connectivity index (χ1n) is 12.3. The Kier molecular flexibility index (Phi) is 7.02. The molecule has 194 valence electrons. The monoisotopic (exact) mass is 529 g/mol. The van der Waals surface area contributed by atoms with Gasteiger partial charge in [0.1, 0.15) is 6.67 Å². The lowest BCUT2D eigenvalue weighted by molar-refractivity contribution is 0.0680. The van der Waals surface area contributed by atoms with E-state index in [-0.39, 0.29) is 42.0 Å². The van der Waals surface area contributed by atoms with Crippen molar-refractivity contribution < 1.29 is 18.3 Å². The van der Waals surface area contributed by atoms with Crippen LogP contribution < -0.4 is 10.4 Å². The van der Waals surface area contributed by atoms with Gasteiger partial charge in [0.2, 0.25) is 5.43 Å². The third kappa shape index (κ3) is 4.92. The first kappa shape index (κ1) is 25.3. The summed E-state index contributed by atoms with van der Waals surface area (Å²) in [5.74, 6) is -1.31. The predicted molar refractivity (Wildman–Crippen MR) is 144 cm³/mol. The maximum atomic E-state index is 13.5. The summed E-state index contributed by atoms with van der Waals surface area (Å²) in [7, 11) is -3.53. The molecule has 0 saturated carbocycles. The van der Waals surface area contributed by atoms with Crippen LogP contribution in [0.2, 0.25) is 0 Å². The van der Waals surface area contributed by atoms with E-state index in [0.717, 1.165) is 11.1 Å². The lowest BCUT2D eigenvalue weighted by atomic mass is 9.98. The van der Waals surface area contributed by atoms with Gasteiger partial charge in [-0.25, -0.2) is 8.42 Å². The fourth-order valence-corrected chi connectivity index (χ4v) is 6.08. The molecule has 1 amide bonds. The normalized spacial score (nSPS) is 13.6. The molecule has 0 radical (unpaired) electrons. The van der Waals surface area contributed by atoms with E-state index >= 15 is 0 Å². The number of sulfone groups is 1. The molecular weight excluding hydrogens is 502 g/mol. The Bertz CT molecular complexity index is 1550. The number of carbonyl (C=O) groups is 1. The standard InChI is InChI=1S/C29H27N3O5S/c33-25-17-19-31-27(28(25)34)29(35)30(18-10-20-38(36,37)24-15-8-3-9-16-24)21-32(31)26(22-11-4-1-5-12-22)23-13-6-2-7-14-23/h1-9,11-17,19,26,34H,10,18,20-21H2. The Morgan fingerprint density at radius 3 is 1.92 bits per heavy atom. The number of benzene rings is 3. The van der Waals surface area contributed by atoms with Gasteiger partial charge >= 0.3 is 0 Å². The summed E-state index contributed by atoms with van der Waals surface area (Å²) < 4.78 is 27.1. The Labute approximate surface area is 220 Å². The van der Waals surface area contributed by atoms with Gasteiger partial charge in [0, 0.05) is 18.8 Å². The fourth-order valence-electron chi connectivity index (χ4n) is 4.76. The highest BCUT2D eigenvalue weighted by atomic mass is 32.2. The van der Waals surface area contributed by atoms with Crippen molar-refractivity contribution in [2.75, 3.05) is 24.0 Å². The highest BCUT2D eigenvalue weighted by Gasteiger charge is 2.36. The lowest BCUT2D eigenvalue weighted by Crippen LogP contribution is -2.55. The zero-order valence-electron chi connectivity index (χ0n) is 20.6. The second kappa shape index (κ2) is 10.5. The molecular formula is C29H27N3O5S. The SMILES string of the molecule is O=C1c2c(O)c(=O)ccn2N(C(c2ccccc2)c2ccccc2)CN1CCCS(=O)(=O)c1ccccc1. The van der Waals surface area contributed by atoms with Crippen molar-refractivity contribution in [3.8, 4) is 5.75 Å². The molecule has 0 spiro atoms. The molecule has 0 saturated heterocycles. The van der Waals surface area contributed by atoms with Crippen molar-refractivity contribution in [1.82, 2.24) is 9.58 Å². The van der Waals surface area contributed by atoms with E-state index in [9.17, 15) is 23.1 Å². The second-order valence-electron chi connectivity index (χ2n) is 9.08. The third-order valence-electron chi connectivity index (χ3n) is 6.61. The molecule has 1 aliphatic heterocycles. The van der Waals surface area contributed by atoms with E-state index in [4.69, 9.17) is 0 Å². The summed E-state index contributed by atoms with van der Waals surface area (Å²) in [6, 6.07) is 28.5. The Hall–Kier alpha value is -4.37. The number of aromatic hydroxyl groups is 1. The van der Waals surface area contributed by atoms with Crippen LogP contribution in [0.3, 0.4) is 0 Å². The molecule has 9 heteroatoms. The Balaban J connectivity index is 1.51. The largest absolute Gasteiger partial charge is 0.502 e. The van der Waals surface area contributed by atoms with E-state index in [1.54, 1.807) is 30.3 Å². The zero-order chi connectivity index (χ0) is 26.7. The molecule has 1 aromatic heterocycles. The molecule has 1 N–H and O–H groups in total. The smallest absolute Gasteiger partial charge is 0.277 e. The van der Waals surface area contributed by atoms with Crippen molar-refractivity contribution in [2.45, 2.75) is 17.4 Å². The van der Waals surface area contributed by atoms with Gasteiger partial charge in [-0.05, 0) is 29.7 Å². The first-order chi connectivity index (χ1) is 18.4. The molecule has 5 rings (SSSR count). The Morgan fingerprint density at radius 1 is 0.789 bits per heavy atom. The van der Waals surface area contributed by atoms with Crippen LogP contribution in [0.15, 0.2) is 113 Å². The maximum Gasteiger partial charge on any atom is 0.277 e. The minimum Gasteiger partial charge on any atom is -0.502 e. The number of nitrogens with zero attached hydrogens (tertiary/aromatic N) is 3. The van der Waals surface area contributed by atoms with Gasteiger partial charge in [-0.3, -0.25) is 19.3 Å². The molecule has 1 aliphatic rings. The minimum absolute atomic E-state index is 0.119. The maximum absolute atomic E-state index is 13.5. The number of fused-ring (bicyclic) bond motifs is 1. The van der Waals surface area contributed by atoms with Crippen LogP contribution in [0.4, 0.5) is 0 Å². The van der Waals surface area contributed by atoms with Crippen LogP contribution in [0, 0.1) is 0 Å². The predicted octanol–water partition coefficient (Wildman–Crippen LogP) is 3.56. The third-order valence-corrected chi connectivity index (χ3v) is 8.42. The summed E-state index contributed by atoms with van der Waals surface area (Å²) in [6.45, 7) is 0.244. The molecule has 0 bridgehead atoms. The number of hydrogen-bond donors (Lipinski definition) is 1. The average Bonchev–Trinajstić information content (AvgIpc) is 2.94. The van der Waals surface area contributed by atoms with E-state index in [1.165, 1.54) is 21.8 Å². The highest BCUT2D eigenvalue weighted by molar-refractivity contribution is 7.91. The van der Waals surface area contributed by atoms with Gasteiger partial charge in [0.05, 0.1) is 16.7 Å². The number of amides is 1. The van der Waals surface area contributed by atoms with Crippen LogP contribution in [-0.4, -0.2) is 48.0 Å². The van der Waals surface area contributed by atoms with Gasteiger partial charge in [-0.1, -0.05) is 78.9 Å². The van der Waals surface area contributed by atoms with Crippen LogP contribution in [0.25, 0.3) is 0 Å². The van der Waals surface area contributed by atoms with Crippen molar-refractivity contribution >= 4 is 15.7 Å². The fraction of sp³-hybridized carbons (Fsp3) is 0.172. The number of hydrogen-bond acceptors (Lipinski definition) is 6. The molecule has 38 heavy (non-hydrogen) atoms. The summed E-state index contributed by atoms with van der Waals surface area (Å²) in [6.07, 6.45) is 1.68. The Morgan fingerprint density at radius 2 is 1.34 bits per heavy atom. The van der Waals surface area contributed by atoms with Gasteiger partial charge in [-0.15, -0.1) is 0 Å². The quantitative estimate of drug-likeness (QED) is 0.375. The molecule has 0 aliphatic carbocycles. The van der Waals surface area contributed by atoms with Crippen molar-refractivity contribution in [3.05, 3.63) is 130 Å². The summed E-state index contributed by atoms with van der Waals surface area (Å²) in [5.41, 5.74) is 1.09. The molecule has 0 unspecified atom stereocenters. The van der Waals surface area contributed by atoms with Gasteiger partial charge in [0.25, 0.3) is 5.91 Å². The molecule has 2 heterocycles. The average molecular weight is 530 g/mol. The van der Waals surface area contributed by atoms with Crippen LogP contribution in [0.5, 0.6) is 5.75 Å². The molecule has 0 atom stereocenters. The zero-order valence-corrected chi connectivity index (χ0v) is 21.4. The van der Waals surface area contributed by atoms with Crippen LogP contribution >= 0.6 is 0 Å². The number of pyridine rings is 1. The molecule has 8 nitrogen and oxygen atoms in total. The van der Waals surface area contributed by atoms with Crippen molar-refractivity contribution in [2.24, 2.45) is 0 Å². The summed E-state index contributed by atoms with van der Waals surface area (Å²) in [4.78, 5) is 27.5. The highest BCUT2D eigenvalue weighted by Crippen LogP contribution is 2.32. The van der Waals surface area contributed by atoms with E-state index < -0.39 is 26.9 Å². The second-order valence-corrected chi connectivity index (χ2v) is 11.2.